The Labute approximate surface area is 162 Å². The van der Waals surface area contributed by atoms with Crippen molar-refractivity contribution >= 4 is 0 Å². The molecule has 0 bridgehead atoms. The van der Waals surface area contributed by atoms with Gasteiger partial charge in [0.05, 0.1) is 25.0 Å². The van der Waals surface area contributed by atoms with Crippen LogP contribution in [0.2, 0.25) is 0 Å². The van der Waals surface area contributed by atoms with E-state index in [0.717, 1.165) is 22.6 Å². The van der Waals surface area contributed by atoms with Crippen LogP contribution in [0.1, 0.15) is 6.92 Å². The number of methoxy groups -OCH3 is 1. The largest absolute Gasteiger partial charge is 0.494 e. The molecule has 0 unspecified atom stereocenters. The lowest BCUT2D eigenvalue weighted by Gasteiger charge is -2.07. The summed E-state index contributed by atoms with van der Waals surface area (Å²) in [7, 11) is 1.58. The number of benzene rings is 2. The van der Waals surface area contributed by atoms with Crippen molar-refractivity contribution in [1.29, 1.82) is 0 Å². The first kappa shape index (κ1) is 17.7. The number of hydrogen-bond donors (Lipinski definition) is 0. The molecule has 0 spiro atoms. The molecule has 28 heavy (non-hydrogen) atoms. The van der Waals surface area contributed by atoms with Crippen LogP contribution < -0.4 is 9.47 Å². The topological polar surface area (TPSA) is 70.3 Å². The first-order chi connectivity index (χ1) is 13.8. The van der Waals surface area contributed by atoms with Gasteiger partial charge in [-0.15, -0.1) is 0 Å². The molecule has 2 heterocycles. The fraction of sp³-hybridized carbons (Fsp3) is 0.136. The van der Waals surface area contributed by atoms with E-state index in [-0.39, 0.29) is 0 Å². The van der Waals surface area contributed by atoms with Crippen LogP contribution >= 0.6 is 0 Å². The monoisotopic (exact) mass is 373 g/mol. The third kappa shape index (κ3) is 3.57. The van der Waals surface area contributed by atoms with Gasteiger partial charge in [0.15, 0.2) is 0 Å². The van der Waals surface area contributed by atoms with Crippen molar-refractivity contribution < 1.29 is 14.0 Å². The second-order valence-electron chi connectivity index (χ2n) is 6.00. The Morgan fingerprint density at radius 2 is 1.64 bits per heavy atom. The van der Waals surface area contributed by atoms with E-state index in [1.54, 1.807) is 7.11 Å². The first-order valence-electron chi connectivity index (χ1n) is 8.96. The minimum absolute atomic E-state index is 0.423. The quantitative estimate of drug-likeness (QED) is 0.480. The molecule has 0 N–H and O–H groups in total. The maximum Gasteiger partial charge on any atom is 0.258 e. The van der Waals surface area contributed by atoms with Crippen LogP contribution in [0.5, 0.6) is 11.6 Å². The number of pyridine rings is 1. The fourth-order valence-electron chi connectivity index (χ4n) is 2.85. The Kier molecular flexibility index (Phi) is 5.01. The fourth-order valence-corrected chi connectivity index (χ4v) is 2.85. The van der Waals surface area contributed by atoms with Crippen LogP contribution in [0, 0.1) is 0 Å². The molecule has 4 rings (SSSR count). The molecule has 0 atom stereocenters. The number of rotatable bonds is 6. The van der Waals surface area contributed by atoms with Crippen molar-refractivity contribution in [3.8, 4) is 45.7 Å². The molecule has 4 aromatic rings. The molecule has 0 radical (unpaired) electrons. The summed E-state index contributed by atoms with van der Waals surface area (Å²) < 4.78 is 16.4. The van der Waals surface area contributed by atoms with Gasteiger partial charge in [0.25, 0.3) is 5.89 Å². The number of aromatic nitrogens is 3. The predicted molar refractivity (Wildman–Crippen MR) is 106 cm³/mol. The summed E-state index contributed by atoms with van der Waals surface area (Å²) in [5, 5.41) is 4.10. The third-order valence-electron chi connectivity index (χ3n) is 4.20. The minimum atomic E-state index is 0.423. The molecule has 6 heteroatoms. The molecule has 0 aliphatic heterocycles. The van der Waals surface area contributed by atoms with Gasteiger partial charge in [0.2, 0.25) is 11.7 Å². The predicted octanol–water partition coefficient (Wildman–Crippen LogP) is 4.87. The van der Waals surface area contributed by atoms with Crippen LogP contribution in [0.15, 0.2) is 71.3 Å². The zero-order chi connectivity index (χ0) is 19.3. The Balaban J connectivity index is 1.64. The van der Waals surface area contributed by atoms with Crippen LogP contribution in [0.25, 0.3) is 34.1 Å². The Hall–Kier alpha value is -3.67. The van der Waals surface area contributed by atoms with Gasteiger partial charge in [-0.25, -0.2) is 4.98 Å². The molecule has 0 saturated heterocycles. The van der Waals surface area contributed by atoms with Crippen LogP contribution in [0.4, 0.5) is 0 Å². The summed E-state index contributed by atoms with van der Waals surface area (Å²) in [6.07, 6.45) is 0. The second-order valence-corrected chi connectivity index (χ2v) is 6.00. The Bertz CT molecular complexity index is 1060. The molecule has 2 aromatic heterocycles. The molecule has 2 aromatic carbocycles. The smallest absolute Gasteiger partial charge is 0.258 e. The average molecular weight is 373 g/mol. The highest BCUT2D eigenvalue weighted by atomic mass is 16.5. The molecule has 0 fully saturated rings. The lowest BCUT2D eigenvalue weighted by Crippen LogP contribution is -1.95. The number of ether oxygens (including phenoxy) is 2. The highest BCUT2D eigenvalue weighted by molar-refractivity contribution is 5.69. The zero-order valence-corrected chi connectivity index (χ0v) is 15.6. The standard InChI is InChI=1S/C22H19N3O3/c1-3-27-17-11-9-16(10-12-17)21-24-20(25-28-21)18-13-14-19(23-22(18)26-2)15-7-5-4-6-8-15/h4-14H,3H2,1-2H3. The van der Waals surface area contributed by atoms with E-state index in [4.69, 9.17) is 14.0 Å². The number of nitrogens with zero attached hydrogens (tertiary/aromatic N) is 3. The molecule has 6 nitrogen and oxygen atoms in total. The van der Waals surface area contributed by atoms with Gasteiger partial charge in [-0.05, 0) is 43.3 Å². The molecule has 0 saturated carbocycles. The summed E-state index contributed by atoms with van der Waals surface area (Å²) in [4.78, 5) is 9.09. The molecule has 0 amide bonds. The van der Waals surface area contributed by atoms with Crippen molar-refractivity contribution in [3.63, 3.8) is 0 Å². The lowest BCUT2D eigenvalue weighted by atomic mass is 10.1. The molecular formula is C22H19N3O3. The van der Waals surface area contributed by atoms with Crippen molar-refractivity contribution in [2.24, 2.45) is 0 Å². The van der Waals surface area contributed by atoms with Gasteiger partial charge in [-0.1, -0.05) is 35.5 Å². The maximum atomic E-state index is 5.47. The molecule has 0 aliphatic rings. The highest BCUT2D eigenvalue weighted by Gasteiger charge is 2.16. The average Bonchev–Trinajstić information content (AvgIpc) is 3.25. The third-order valence-corrected chi connectivity index (χ3v) is 4.20. The van der Waals surface area contributed by atoms with E-state index >= 15 is 0 Å². The second kappa shape index (κ2) is 7.92. The van der Waals surface area contributed by atoms with Gasteiger partial charge in [-0.3, -0.25) is 0 Å². The maximum absolute atomic E-state index is 5.47. The van der Waals surface area contributed by atoms with Crippen molar-refractivity contribution in [1.82, 2.24) is 15.1 Å². The van der Waals surface area contributed by atoms with E-state index in [1.165, 1.54) is 0 Å². The normalized spacial score (nSPS) is 10.6. The van der Waals surface area contributed by atoms with Gasteiger partial charge >= 0.3 is 0 Å². The van der Waals surface area contributed by atoms with Gasteiger partial charge < -0.3 is 14.0 Å². The van der Waals surface area contributed by atoms with Gasteiger partial charge in [-0.2, -0.15) is 4.98 Å². The summed E-state index contributed by atoms with van der Waals surface area (Å²) >= 11 is 0. The van der Waals surface area contributed by atoms with E-state index < -0.39 is 0 Å². The first-order valence-corrected chi connectivity index (χ1v) is 8.96. The Morgan fingerprint density at radius 3 is 2.36 bits per heavy atom. The highest BCUT2D eigenvalue weighted by Crippen LogP contribution is 2.31. The lowest BCUT2D eigenvalue weighted by molar-refractivity contribution is 0.340. The van der Waals surface area contributed by atoms with Crippen LogP contribution in [-0.2, 0) is 0 Å². The minimum Gasteiger partial charge on any atom is -0.494 e. The zero-order valence-electron chi connectivity index (χ0n) is 15.6. The SMILES string of the molecule is CCOc1ccc(-c2nc(-c3ccc(-c4ccccc4)nc3OC)no2)cc1. The van der Waals surface area contributed by atoms with Crippen molar-refractivity contribution in [2.45, 2.75) is 6.92 Å². The number of hydrogen-bond acceptors (Lipinski definition) is 6. The van der Waals surface area contributed by atoms with E-state index in [1.807, 2.05) is 73.7 Å². The van der Waals surface area contributed by atoms with Crippen molar-refractivity contribution in [3.05, 3.63) is 66.7 Å². The van der Waals surface area contributed by atoms with Crippen LogP contribution in [0.3, 0.4) is 0 Å². The summed E-state index contributed by atoms with van der Waals surface area (Å²) in [6.45, 7) is 2.57. The van der Waals surface area contributed by atoms with E-state index in [0.29, 0.717) is 29.8 Å². The van der Waals surface area contributed by atoms with Crippen molar-refractivity contribution in [2.75, 3.05) is 13.7 Å². The van der Waals surface area contributed by atoms with Gasteiger partial charge in [0.1, 0.15) is 5.75 Å². The van der Waals surface area contributed by atoms with Crippen LogP contribution in [-0.4, -0.2) is 28.8 Å². The Morgan fingerprint density at radius 1 is 0.857 bits per heavy atom. The molecular weight excluding hydrogens is 354 g/mol. The van der Waals surface area contributed by atoms with E-state index in [2.05, 4.69) is 15.1 Å². The molecule has 140 valence electrons. The van der Waals surface area contributed by atoms with E-state index in [9.17, 15) is 0 Å². The van der Waals surface area contributed by atoms with Gasteiger partial charge in [0, 0.05) is 11.1 Å². The summed E-state index contributed by atoms with van der Waals surface area (Å²) in [5.41, 5.74) is 3.31. The summed E-state index contributed by atoms with van der Waals surface area (Å²) in [6, 6.07) is 21.2. The molecule has 0 aliphatic carbocycles. The summed E-state index contributed by atoms with van der Waals surface area (Å²) in [5.74, 6) is 2.09.